The smallest absolute Gasteiger partial charge is 0.170 e. The molecule has 0 radical (unpaired) electrons. The predicted molar refractivity (Wildman–Crippen MR) is 81.9 cm³/mol. The Morgan fingerprint density at radius 2 is 1.85 bits per heavy atom. The number of rotatable bonds is 6. The predicted octanol–water partition coefficient (Wildman–Crippen LogP) is 2.38. The van der Waals surface area contributed by atoms with E-state index in [0.717, 1.165) is 39.0 Å². The molecule has 1 aliphatic heterocycles. The normalized spacial score (nSPS) is 29.7. The number of hydrogen-bond donors (Lipinski definition) is 1. The summed E-state index contributed by atoms with van der Waals surface area (Å²) in [5.74, 6) is -0.295. The first-order valence-electron chi connectivity index (χ1n) is 8.39. The number of likely N-dealkylation sites (N-methyl/N-ethyl adjacent to an activating group) is 2. The molecule has 4 nitrogen and oxygen atoms in total. The number of nitrogens with one attached hydrogen (secondary N) is 1. The highest BCUT2D eigenvalue weighted by molar-refractivity contribution is 4.96. The second-order valence-corrected chi connectivity index (χ2v) is 6.22. The van der Waals surface area contributed by atoms with E-state index in [1.807, 2.05) is 0 Å². The molecule has 0 aromatic rings. The molecular formula is C16H32N2O2. The summed E-state index contributed by atoms with van der Waals surface area (Å²) in [6.07, 6.45) is 5.58. The molecule has 0 bridgehead atoms. The lowest BCUT2D eigenvalue weighted by Crippen LogP contribution is -2.58. The molecule has 2 fully saturated rings. The maximum absolute atomic E-state index is 5.96. The minimum absolute atomic E-state index is 0.295. The van der Waals surface area contributed by atoms with Gasteiger partial charge in [0.15, 0.2) is 5.79 Å². The first-order chi connectivity index (χ1) is 9.65. The van der Waals surface area contributed by atoms with Gasteiger partial charge in [0.1, 0.15) is 0 Å². The molecule has 1 saturated carbocycles. The van der Waals surface area contributed by atoms with Gasteiger partial charge in [-0.2, -0.15) is 0 Å². The zero-order chi connectivity index (χ0) is 14.6. The molecule has 4 heteroatoms. The van der Waals surface area contributed by atoms with Crippen molar-refractivity contribution in [2.45, 2.75) is 76.8 Å². The topological polar surface area (TPSA) is 33.7 Å². The van der Waals surface area contributed by atoms with E-state index in [4.69, 9.17) is 9.47 Å². The molecule has 1 heterocycles. The van der Waals surface area contributed by atoms with Gasteiger partial charge in [-0.1, -0.05) is 20.8 Å². The number of ether oxygens (including phenoxy) is 2. The second kappa shape index (κ2) is 7.21. The van der Waals surface area contributed by atoms with Gasteiger partial charge < -0.3 is 14.8 Å². The summed E-state index contributed by atoms with van der Waals surface area (Å²) in [7, 11) is 2.28. The van der Waals surface area contributed by atoms with Crippen molar-refractivity contribution >= 4 is 0 Å². The Hall–Kier alpha value is -0.160. The highest BCUT2D eigenvalue weighted by Crippen LogP contribution is 2.38. The maximum atomic E-state index is 5.96. The summed E-state index contributed by atoms with van der Waals surface area (Å²) in [6, 6.07) is 1.72. The Balaban J connectivity index is 2.09. The number of hydrogen-bond acceptors (Lipinski definition) is 4. The van der Waals surface area contributed by atoms with Gasteiger partial charge >= 0.3 is 0 Å². The van der Waals surface area contributed by atoms with E-state index < -0.39 is 0 Å². The van der Waals surface area contributed by atoms with Crippen LogP contribution in [0.5, 0.6) is 0 Å². The highest BCUT2D eigenvalue weighted by Gasteiger charge is 2.46. The van der Waals surface area contributed by atoms with Gasteiger partial charge in [-0.25, -0.2) is 0 Å². The van der Waals surface area contributed by atoms with Gasteiger partial charge in [0, 0.05) is 31.0 Å². The summed E-state index contributed by atoms with van der Waals surface area (Å²) in [5.41, 5.74) is 0. The molecule has 20 heavy (non-hydrogen) atoms. The minimum atomic E-state index is -0.295. The molecule has 1 aliphatic carbocycles. The monoisotopic (exact) mass is 284 g/mol. The van der Waals surface area contributed by atoms with Crippen molar-refractivity contribution in [3.05, 3.63) is 0 Å². The van der Waals surface area contributed by atoms with Crippen molar-refractivity contribution < 1.29 is 9.47 Å². The van der Waals surface area contributed by atoms with Crippen LogP contribution in [0.15, 0.2) is 0 Å². The second-order valence-electron chi connectivity index (χ2n) is 6.22. The Labute approximate surface area is 124 Å². The van der Waals surface area contributed by atoms with E-state index in [1.54, 1.807) is 0 Å². The van der Waals surface area contributed by atoms with Crippen molar-refractivity contribution in [1.29, 1.82) is 0 Å². The zero-order valence-corrected chi connectivity index (χ0v) is 13.7. The Bertz CT molecular complexity index is 288. The van der Waals surface area contributed by atoms with Crippen LogP contribution in [-0.4, -0.2) is 55.6 Å². The summed E-state index contributed by atoms with van der Waals surface area (Å²) in [5, 5.41) is 3.67. The standard InChI is InChI=1S/C16H32N2O2/c1-5-13(6-2)18(4)15-12-16(19-10-11-20-16)9-8-14(15)17-7-3/h13-15,17H,5-12H2,1-4H3. The van der Waals surface area contributed by atoms with Gasteiger partial charge in [-0.15, -0.1) is 0 Å². The van der Waals surface area contributed by atoms with E-state index in [0.29, 0.717) is 18.1 Å². The Kier molecular flexibility index (Phi) is 5.84. The van der Waals surface area contributed by atoms with Gasteiger partial charge in [0.2, 0.25) is 0 Å². The molecule has 2 atom stereocenters. The SMILES string of the molecule is CCNC1CCC2(CC1N(C)C(CC)CC)OCCO2. The molecule has 0 amide bonds. The zero-order valence-electron chi connectivity index (χ0n) is 13.7. The Morgan fingerprint density at radius 3 is 2.40 bits per heavy atom. The molecule has 2 unspecified atom stereocenters. The average Bonchev–Trinajstić information content (AvgIpc) is 2.91. The van der Waals surface area contributed by atoms with Crippen LogP contribution in [-0.2, 0) is 9.47 Å². The van der Waals surface area contributed by atoms with Crippen LogP contribution in [0.2, 0.25) is 0 Å². The lowest BCUT2D eigenvalue weighted by Gasteiger charge is -2.47. The van der Waals surface area contributed by atoms with E-state index in [1.165, 1.54) is 12.8 Å². The third-order valence-corrected chi connectivity index (χ3v) is 5.14. The summed E-state index contributed by atoms with van der Waals surface area (Å²) in [6.45, 7) is 9.32. The molecule has 0 aromatic carbocycles. The lowest BCUT2D eigenvalue weighted by molar-refractivity contribution is -0.194. The number of nitrogens with zero attached hydrogens (tertiary/aromatic N) is 1. The maximum Gasteiger partial charge on any atom is 0.170 e. The first kappa shape index (κ1) is 16.2. The molecule has 118 valence electrons. The first-order valence-corrected chi connectivity index (χ1v) is 8.39. The van der Waals surface area contributed by atoms with Gasteiger partial charge in [-0.05, 0) is 32.9 Å². The summed E-state index contributed by atoms with van der Waals surface area (Å²) >= 11 is 0. The van der Waals surface area contributed by atoms with E-state index in [-0.39, 0.29) is 5.79 Å². The largest absolute Gasteiger partial charge is 0.347 e. The summed E-state index contributed by atoms with van der Waals surface area (Å²) in [4.78, 5) is 2.57. The Morgan fingerprint density at radius 1 is 1.20 bits per heavy atom. The molecule has 1 spiro atoms. The van der Waals surface area contributed by atoms with Gasteiger partial charge in [-0.3, -0.25) is 4.90 Å². The average molecular weight is 284 g/mol. The minimum Gasteiger partial charge on any atom is -0.347 e. The van der Waals surface area contributed by atoms with Crippen LogP contribution >= 0.6 is 0 Å². The molecule has 0 aromatic heterocycles. The fraction of sp³-hybridized carbons (Fsp3) is 1.00. The van der Waals surface area contributed by atoms with Crippen molar-refractivity contribution in [1.82, 2.24) is 10.2 Å². The van der Waals surface area contributed by atoms with Crippen molar-refractivity contribution in [2.75, 3.05) is 26.8 Å². The van der Waals surface area contributed by atoms with E-state index >= 15 is 0 Å². The van der Waals surface area contributed by atoms with E-state index in [9.17, 15) is 0 Å². The molecular weight excluding hydrogens is 252 g/mol. The fourth-order valence-corrected chi connectivity index (χ4v) is 3.95. The van der Waals surface area contributed by atoms with Crippen LogP contribution in [0.3, 0.4) is 0 Å². The quantitative estimate of drug-likeness (QED) is 0.812. The van der Waals surface area contributed by atoms with Crippen molar-refractivity contribution in [2.24, 2.45) is 0 Å². The van der Waals surface area contributed by atoms with Gasteiger partial charge in [0.05, 0.1) is 13.2 Å². The van der Waals surface area contributed by atoms with Crippen molar-refractivity contribution in [3.8, 4) is 0 Å². The van der Waals surface area contributed by atoms with Crippen LogP contribution < -0.4 is 5.32 Å². The molecule has 1 N–H and O–H groups in total. The van der Waals surface area contributed by atoms with E-state index in [2.05, 4.69) is 38.0 Å². The highest BCUT2D eigenvalue weighted by atomic mass is 16.7. The van der Waals surface area contributed by atoms with Gasteiger partial charge in [0.25, 0.3) is 0 Å². The van der Waals surface area contributed by atoms with Crippen LogP contribution in [0, 0.1) is 0 Å². The molecule has 2 rings (SSSR count). The van der Waals surface area contributed by atoms with Crippen LogP contribution in [0.1, 0.15) is 52.9 Å². The molecule has 1 saturated heterocycles. The van der Waals surface area contributed by atoms with Crippen molar-refractivity contribution in [3.63, 3.8) is 0 Å². The van der Waals surface area contributed by atoms with Crippen LogP contribution in [0.25, 0.3) is 0 Å². The third-order valence-electron chi connectivity index (χ3n) is 5.14. The third kappa shape index (κ3) is 3.35. The van der Waals surface area contributed by atoms with Crippen LogP contribution in [0.4, 0.5) is 0 Å². The molecule has 2 aliphatic rings. The lowest BCUT2D eigenvalue weighted by atomic mass is 9.83. The summed E-state index contributed by atoms with van der Waals surface area (Å²) < 4.78 is 11.9. The fourth-order valence-electron chi connectivity index (χ4n) is 3.95.